The van der Waals surface area contributed by atoms with E-state index in [1.54, 1.807) is 19.3 Å². The van der Waals surface area contributed by atoms with Crippen LogP contribution < -0.4 is 11.1 Å². The van der Waals surface area contributed by atoms with Crippen LogP contribution in [0.3, 0.4) is 0 Å². The summed E-state index contributed by atoms with van der Waals surface area (Å²) in [7, 11) is 0. The lowest BCUT2D eigenvalue weighted by atomic mass is 10.3. The topological polar surface area (TPSA) is 94.0 Å². The van der Waals surface area contributed by atoms with Gasteiger partial charge in [0.15, 0.2) is 0 Å². The molecule has 0 saturated carbocycles. The van der Waals surface area contributed by atoms with Gasteiger partial charge in [0.2, 0.25) is 5.89 Å². The van der Waals surface area contributed by atoms with Crippen molar-refractivity contribution in [2.75, 3.05) is 5.73 Å². The number of aryl methyl sites for hydroxylation is 1. The first-order valence-corrected chi connectivity index (χ1v) is 6.79. The van der Waals surface area contributed by atoms with Crippen molar-refractivity contribution in [3.63, 3.8) is 0 Å². The molecule has 3 rings (SSSR count). The standard InChI is InChI=1S/C13H12N4O2S/c1-7-5-16-9(19-7)6-17-13(18)12-10(14)11-8(20-12)3-2-4-15-11/h2-5H,6,14H2,1H3,(H,17,18). The number of rotatable bonds is 3. The van der Waals surface area contributed by atoms with Crippen molar-refractivity contribution in [3.05, 3.63) is 41.1 Å². The lowest BCUT2D eigenvalue weighted by Gasteiger charge is -2.01. The summed E-state index contributed by atoms with van der Waals surface area (Å²) < 4.78 is 6.18. The first-order chi connectivity index (χ1) is 9.65. The molecule has 0 aliphatic carbocycles. The zero-order chi connectivity index (χ0) is 14.1. The number of carbonyl (C=O) groups is 1. The number of nitrogens with two attached hydrogens (primary N) is 1. The Morgan fingerprint density at radius 1 is 1.50 bits per heavy atom. The van der Waals surface area contributed by atoms with E-state index in [-0.39, 0.29) is 12.5 Å². The van der Waals surface area contributed by atoms with Crippen LogP contribution in [0.25, 0.3) is 10.2 Å². The lowest BCUT2D eigenvalue weighted by molar-refractivity contribution is 0.0952. The highest BCUT2D eigenvalue weighted by Gasteiger charge is 2.17. The maximum absolute atomic E-state index is 12.1. The molecular weight excluding hydrogens is 276 g/mol. The minimum atomic E-state index is -0.249. The van der Waals surface area contributed by atoms with Gasteiger partial charge in [-0.05, 0) is 19.1 Å². The van der Waals surface area contributed by atoms with Gasteiger partial charge < -0.3 is 15.5 Å². The smallest absolute Gasteiger partial charge is 0.264 e. The zero-order valence-corrected chi connectivity index (χ0v) is 11.5. The van der Waals surface area contributed by atoms with E-state index >= 15 is 0 Å². The minimum Gasteiger partial charge on any atom is -0.444 e. The number of hydrogen-bond donors (Lipinski definition) is 2. The lowest BCUT2D eigenvalue weighted by Crippen LogP contribution is -2.22. The van der Waals surface area contributed by atoms with Gasteiger partial charge in [0.05, 0.1) is 23.1 Å². The van der Waals surface area contributed by atoms with Gasteiger partial charge in [-0.15, -0.1) is 11.3 Å². The molecule has 0 unspecified atom stereocenters. The van der Waals surface area contributed by atoms with Gasteiger partial charge in [-0.1, -0.05) is 0 Å². The molecule has 0 aliphatic heterocycles. The van der Waals surface area contributed by atoms with Crippen molar-refractivity contribution >= 4 is 33.1 Å². The normalized spacial score (nSPS) is 10.8. The first kappa shape index (κ1) is 12.6. The Balaban J connectivity index is 1.80. The molecule has 0 aromatic carbocycles. The van der Waals surface area contributed by atoms with Crippen LogP contribution in [0.2, 0.25) is 0 Å². The number of aromatic nitrogens is 2. The summed E-state index contributed by atoms with van der Waals surface area (Å²) in [6, 6.07) is 3.70. The van der Waals surface area contributed by atoms with E-state index in [9.17, 15) is 4.79 Å². The van der Waals surface area contributed by atoms with Crippen LogP contribution in [0.4, 0.5) is 5.69 Å². The van der Waals surface area contributed by atoms with E-state index in [1.165, 1.54) is 11.3 Å². The largest absolute Gasteiger partial charge is 0.444 e. The third-order valence-corrected chi connectivity index (χ3v) is 3.92. The van der Waals surface area contributed by atoms with E-state index in [2.05, 4.69) is 15.3 Å². The van der Waals surface area contributed by atoms with E-state index in [0.717, 1.165) is 4.70 Å². The number of nitrogens with zero attached hydrogens (tertiary/aromatic N) is 2. The van der Waals surface area contributed by atoms with E-state index in [4.69, 9.17) is 10.2 Å². The second kappa shape index (κ2) is 4.93. The number of oxazole rings is 1. The van der Waals surface area contributed by atoms with Gasteiger partial charge in [0, 0.05) is 6.20 Å². The van der Waals surface area contributed by atoms with Crippen LogP contribution in [-0.2, 0) is 6.54 Å². The molecule has 20 heavy (non-hydrogen) atoms. The third-order valence-electron chi connectivity index (χ3n) is 2.76. The Morgan fingerprint density at radius 3 is 3.05 bits per heavy atom. The molecule has 7 heteroatoms. The Bertz CT molecular complexity index is 778. The van der Waals surface area contributed by atoms with Crippen LogP contribution in [0.15, 0.2) is 28.9 Å². The van der Waals surface area contributed by atoms with Crippen LogP contribution >= 0.6 is 11.3 Å². The number of hydrogen-bond acceptors (Lipinski definition) is 6. The van der Waals surface area contributed by atoms with Gasteiger partial charge >= 0.3 is 0 Å². The van der Waals surface area contributed by atoms with Crippen LogP contribution in [0.5, 0.6) is 0 Å². The molecular formula is C13H12N4O2S. The summed E-state index contributed by atoms with van der Waals surface area (Å²) in [6.07, 6.45) is 3.27. The molecule has 1 amide bonds. The third kappa shape index (κ3) is 2.23. The Labute approximate surface area is 118 Å². The van der Waals surface area contributed by atoms with Crippen molar-refractivity contribution in [1.82, 2.24) is 15.3 Å². The maximum Gasteiger partial charge on any atom is 0.264 e. The molecule has 6 nitrogen and oxygen atoms in total. The fourth-order valence-electron chi connectivity index (χ4n) is 1.84. The number of anilines is 1. The zero-order valence-electron chi connectivity index (χ0n) is 10.7. The fourth-order valence-corrected chi connectivity index (χ4v) is 2.83. The number of pyridine rings is 1. The first-order valence-electron chi connectivity index (χ1n) is 5.97. The number of nitrogens with one attached hydrogen (secondary N) is 1. The van der Waals surface area contributed by atoms with Gasteiger partial charge in [0.25, 0.3) is 5.91 Å². The van der Waals surface area contributed by atoms with Crippen molar-refractivity contribution < 1.29 is 9.21 Å². The molecule has 0 aliphatic rings. The molecule has 3 aromatic rings. The number of fused-ring (bicyclic) bond motifs is 1. The van der Waals surface area contributed by atoms with Crippen LogP contribution in [0.1, 0.15) is 21.3 Å². The molecule has 102 valence electrons. The fraction of sp³-hybridized carbons (Fsp3) is 0.154. The molecule has 0 bridgehead atoms. The molecule has 0 spiro atoms. The number of thiophene rings is 1. The quantitative estimate of drug-likeness (QED) is 0.769. The molecule has 0 saturated heterocycles. The Kier molecular flexibility index (Phi) is 3.11. The van der Waals surface area contributed by atoms with Crippen molar-refractivity contribution in [1.29, 1.82) is 0 Å². The number of carbonyl (C=O) groups excluding carboxylic acids is 1. The van der Waals surface area contributed by atoms with Crippen molar-refractivity contribution in [3.8, 4) is 0 Å². The highest BCUT2D eigenvalue weighted by atomic mass is 32.1. The van der Waals surface area contributed by atoms with Crippen molar-refractivity contribution in [2.24, 2.45) is 0 Å². The minimum absolute atomic E-state index is 0.230. The van der Waals surface area contributed by atoms with Gasteiger partial charge in [-0.25, -0.2) is 4.98 Å². The summed E-state index contributed by atoms with van der Waals surface area (Å²) in [5.74, 6) is 0.926. The average molecular weight is 288 g/mol. The number of nitrogen functional groups attached to an aromatic ring is 1. The maximum atomic E-state index is 12.1. The van der Waals surface area contributed by atoms with Gasteiger partial charge in [-0.3, -0.25) is 9.78 Å². The Morgan fingerprint density at radius 2 is 2.35 bits per heavy atom. The average Bonchev–Trinajstić information content (AvgIpc) is 3.01. The highest BCUT2D eigenvalue weighted by Crippen LogP contribution is 2.31. The molecule has 3 aromatic heterocycles. The van der Waals surface area contributed by atoms with Crippen molar-refractivity contribution in [2.45, 2.75) is 13.5 Å². The van der Waals surface area contributed by atoms with Crippen LogP contribution in [0, 0.1) is 6.92 Å². The summed E-state index contributed by atoms with van der Waals surface area (Å²) in [6.45, 7) is 2.03. The second-order valence-electron chi connectivity index (χ2n) is 4.24. The van der Waals surface area contributed by atoms with E-state index in [1.807, 2.05) is 12.1 Å². The molecule has 0 fully saturated rings. The molecule has 0 atom stereocenters. The van der Waals surface area contributed by atoms with E-state index in [0.29, 0.717) is 27.7 Å². The number of amides is 1. The van der Waals surface area contributed by atoms with Gasteiger partial charge in [0.1, 0.15) is 16.2 Å². The summed E-state index contributed by atoms with van der Waals surface area (Å²) in [5, 5.41) is 2.74. The highest BCUT2D eigenvalue weighted by molar-refractivity contribution is 7.21. The summed E-state index contributed by atoms with van der Waals surface area (Å²) in [5.41, 5.74) is 7.03. The molecule has 0 radical (unpaired) electrons. The molecule has 3 heterocycles. The van der Waals surface area contributed by atoms with E-state index < -0.39 is 0 Å². The predicted molar refractivity (Wildman–Crippen MR) is 76.4 cm³/mol. The second-order valence-corrected chi connectivity index (χ2v) is 5.29. The SMILES string of the molecule is Cc1cnc(CNC(=O)c2sc3cccnc3c2N)o1. The van der Waals surface area contributed by atoms with Crippen LogP contribution in [-0.4, -0.2) is 15.9 Å². The predicted octanol–water partition coefficient (Wildman–Crippen LogP) is 2.10. The monoisotopic (exact) mass is 288 g/mol. The Hall–Kier alpha value is -2.41. The summed E-state index contributed by atoms with van der Waals surface area (Å²) in [4.78, 5) is 20.8. The molecule has 3 N–H and O–H groups in total. The van der Waals surface area contributed by atoms with Gasteiger partial charge in [-0.2, -0.15) is 0 Å². The summed E-state index contributed by atoms with van der Waals surface area (Å²) >= 11 is 1.32.